The summed E-state index contributed by atoms with van der Waals surface area (Å²) in [6.07, 6.45) is 0. The van der Waals surface area contributed by atoms with Gasteiger partial charge in [-0.25, -0.2) is 5.10 Å². The molecule has 0 unspecified atom stereocenters. The van der Waals surface area contributed by atoms with Crippen molar-refractivity contribution in [2.75, 3.05) is 5.32 Å². The van der Waals surface area contributed by atoms with Crippen LogP contribution >= 0.6 is 15.9 Å². The van der Waals surface area contributed by atoms with E-state index in [1.807, 2.05) is 68.4 Å². The molecule has 0 bridgehead atoms. The zero-order valence-electron chi connectivity index (χ0n) is 16.4. The normalized spacial score (nSPS) is 10.8. The second-order valence-corrected chi connectivity index (χ2v) is 7.86. The molecule has 1 amide bonds. The van der Waals surface area contributed by atoms with E-state index >= 15 is 0 Å². The largest absolute Gasteiger partial charge is 0.322 e. The van der Waals surface area contributed by atoms with Crippen molar-refractivity contribution in [2.24, 2.45) is 0 Å². The molecule has 0 radical (unpaired) electrons. The van der Waals surface area contributed by atoms with Gasteiger partial charge in [0, 0.05) is 38.9 Å². The number of hydrogen-bond donors (Lipinski definition) is 2. The van der Waals surface area contributed by atoms with Gasteiger partial charge in [-0.15, -0.1) is 0 Å². The SMILES string of the molecule is Cc1cc(C(=O)Nc2cccc(-c3ccc(=O)[nH]n3)c2)c(C)n1-c1cccc(Br)c1. The van der Waals surface area contributed by atoms with E-state index in [0.717, 1.165) is 27.1 Å². The average Bonchev–Trinajstić information content (AvgIpc) is 3.03. The van der Waals surface area contributed by atoms with Crippen molar-refractivity contribution >= 4 is 27.5 Å². The summed E-state index contributed by atoms with van der Waals surface area (Å²) in [5.74, 6) is -0.184. The van der Waals surface area contributed by atoms with Crippen LogP contribution in [0.2, 0.25) is 0 Å². The first kappa shape index (κ1) is 19.8. The fraction of sp³-hybridized carbons (Fsp3) is 0.0870. The van der Waals surface area contributed by atoms with Crippen molar-refractivity contribution < 1.29 is 4.79 Å². The standard InChI is InChI=1S/C23H19BrN4O2/c1-14-11-20(15(2)28(14)19-8-4-6-17(24)13-19)23(30)25-18-7-3-5-16(12-18)21-9-10-22(29)27-26-21/h3-13H,1-2H3,(H,25,30)(H,27,29). The number of aromatic amines is 1. The van der Waals surface area contributed by atoms with Crippen LogP contribution in [0.15, 0.2) is 76.0 Å². The van der Waals surface area contributed by atoms with Crippen LogP contribution in [0.5, 0.6) is 0 Å². The Morgan fingerprint density at radius 3 is 2.57 bits per heavy atom. The summed E-state index contributed by atoms with van der Waals surface area (Å²) in [6.45, 7) is 3.91. The second kappa shape index (κ2) is 8.12. The molecule has 0 atom stereocenters. The summed E-state index contributed by atoms with van der Waals surface area (Å²) in [5, 5.41) is 9.42. The van der Waals surface area contributed by atoms with Gasteiger partial charge in [-0.3, -0.25) is 9.59 Å². The molecule has 2 aromatic carbocycles. The van der Waals surface area contributed by atoms with E-state index in [9.17, 15) is 9.59 Å². The van der Waals surface area contributed by atoms with Gasteiger partial charge in [-0.2, -0.15) is 5.10 Å². The third-order valence-corrected chi connectivity index (χ3v) is 5.33. The van der Waals surface area contributed by atoms with E-state index in [-0.39, 0.29) is 11.5 Å². The average molecular weight is 463 g/mol. The topological polar surface area (TPSA) is 79.8 Å². The van der Waals surface area contributed by atoms with Gasteiger partial charge in [0.2, 0.25) is 0 Å². The Morgan fingerprint density at radius 2 is 1.83 bits per heavy atom. The maximum Gasteiger partial charge on any atom is 0.264 e. The van der Waals surface area contributed by atoms with Gasteiger partial charge in [-0.1, -0.05) is 34.1 Å². The van der Waals surface area contributed by atoms with Crippen LogP contribution in [-0.2, 0) is 0 Å². The summed E-state index contributed by atoms with van der Waals surface area (Å²) in [5.41, 5.74) is 5.25. The number of hydrogen-bond acceptors (Lipinski definition) is 3. The summed E-state index contributed by atoms with van der Waals surface area (Å²) < 4.78 is 3.03. The number of benzene rings is 2. The molecule has 0 saturated carbocycles. The minimum Gasteiger partial charge on any atom is -0.322 e. The van der Waals surface area contributed by atoms with Crippen LogP contribution in [0.1, 0.15) is 21.7 Å². The third kappa shape index (κ3) is 3.97. The van der Waals surface area contributed by atoms with Crippen molar-refractivity contribution in [3.8, 4) is 16.9 Å². The molecule has 0 aliphatic rings. The van der Waals surface area contributed by atoms with Gasteiger partial charge in [0.15, 0.2) is 0 Å². The first-order valence-corrected chi connectivity index (χ1v) is 10.1. The van der Waals surface area contributed by atoms with E-state index in [2.05, 4.69) is 36.0 Å². The van der Waals surface area contributed by atoms with E-state index in [4.69, 9.17) is 0 Å². The Hall–Kier alpha value is -3.45. The van der Waals surface area contributed by atoms with E-state index < -0.39 is 0 Å². The number of nitrogens with zero attached hydrogens (tertiary/aromatic N) is 2. The molecule has 0 aliphatic carbocycles. The maximum atomic E-state index is 13.0. The number of carbonyl (C=O) groups excluding carboxylic acids is 1. The van der Waals surface area contributed by atoms with E-state index in [1.165, 1.54) is 6.07 Å². The lowest BCUT2D eigenvalue weighted by Crippen LogP contribution is -2.13. The molecule has 4 aromatic rings. The molecule has 0 saturated heterocycles. The minimum atomic E-state index is -0.260. The molecule has 2 aromatic heterocycles. The number of halogens is 1. The number of H-pyrrole nitrogens is 1. The molecular formula is C23H19BrN4O2. The summed E-state index contributed by atoms with van der Waals surface area (Å²) >= 11 is 3.50. The van der Waals surface area contributed by atoms with Crippen molar-refractivity contribution in [3.05, 3.63) is 98.5 Å². The smallest absolute Gasteiger partial charge is 0.264 e. The fourth-order valence-corrected chi connectivity index (χ4v) is 3.85. The van der Waals surface area contributed by atoms with Gasteiger partial charge in [-0.05, 0) is 56.3 Å². The highest BCUT2D eigenvalue weighted by Crippen LogP contribution is 2.25. The zero-order chi connectivity index (χ0) is 21.3. The zero-order valence-corrected chi connectivity index (χ0v) is 18.0. The third-order valence-electron chi connectivity index (χ3n) is 4.84. The number of rotatable bonds is 4. The Kier molecular flexibility index (Phi) is 5.37. The molecule has 6 nitrogen and oxygen atoms in total. The molecule has 30 heavy (non-hydrogen) atoms. The monoisotopic (exact) mass is 462 g/mol. The van der Waals surface area contributed by atoms with Crippen LogP contribution in [0.4, 0.5) is 5.69 Å². The highest BCUT2D eigenvalue weighted by molar-refractivity contribution is 9.10. The summed E-state index contributed by atoms with van der Waals surface area (Å²) in [7, 11) is 0. The molecule has 0 aliphatic heterocycles. The Balaban J connectivity index is 1.62. The number of amides is 1. The number of anilines is 1. The fourth-order valence-electron chi connectivity index (χ4n) is 3.47. The molecule has 7 heteroatoms. The van der Waals surface area contributed by atoms with Crippen LogP contribution in [0.25, 0.3) is 16.9 Å². The number of carbonyl (C=O) groups is 1. The number of aromatic nitrogens is 3. The number of nitrogens with one attached hydrogen (secondary N) is 2. The van der Waals surface area contributed by atoms with Crippen molar-refractivity contribution in [3.63, 3.8) is 0 Å². The van der Waals surface area contributed by atoms with Gasteiger partial charge in [0.1, 0.15) is 0 Å². The lowest BCUT2D eigenvalue weighted by Gasteiger charge is -2.11. The first-order chi connectivity index (χ1) is 14.4. The lowest BCUT2D eigenvalue weighted by atomic mass is 10.1. The maximum absolute atomic E-state index is 13.0. The Bertz CT molecular complexity index is 1290. The minimum absolute atomic E-state index is 0.184. The highest BCUT2D eigenvalue weighted by atomic mass is 79.9. The van der Waals surface area contributed by atoms with Crippen molar-refractivity contribution in [2.45, 2.75) is 13.8 Å². The molecule has 2 heterocycles. The second-order valence-electron chi connectivity index (χ2n) is 6.94. The van der Waals surface area contributed by atoms with Crippen molar-refractivity contribution in [1.29, 1.82) is 0 Å². The molecule has 0 fully saturated rings. The lowest BCUT2D eigenvalue weighted by molar-refractivity contribution is 0.102. The predicted molar refractivity (Wildman–Crippen MR) is 121 cm³/mol. The summed E-state index contributed by atoms with van der Waals surface area (Å²) in [6, 6.07) is 20.3. The summed E-state index contributed by atoms with van der Waals surface area (Å²) in [4.78, 5) is 24.2. The van der Waals surface area contributed by atoms with E-state index in [1.54, 1.807) is 6.07 Å². The highest BCUT2D eigenvalue weighted by Gasteiger charge is 2.17. The van der Waals surface area contributed by atoms with Crippen molar-refractivity contribution in [1.82, 2.24) is 14.8 Å². The van der Waals surface area contributed by atoms with Crippen LogP contribution in [0.3, 0.4) is 0 Å². The van der Waals surface area contributed by atoms with Crippen LogP contribution < -0.4 is 10.9 Å². The Morgan fingerprint density at radius 1 is 1.03 bits per heavy atom. The molecule has 4 rings (SSSR count). The molecule has 2 N–H and O–H groups in total. The number of aryl methyl sites for hydroxylation is 1. The van der Waals surface area contributed by atoms with Gasteiger partial charge < -0.3 is 9.88 Å². The first-order valence-electron chi connectivity index (χ1n) is 9.35. The quantitative estimate of drug-likeness (QED) is 0.454. The molecule has 150 valence electrons. The van der Waals surface area contributed by atoms with E-state index in [0.29, 0.717) is 16.9 Å². The Labute approximate surface area is 181 Å². The molecule has 0 spiro atoms. The van der Waals surface area contributed by atoms with Crippen LogP contribution in [-0.4, -0.2) is 20.7 Å². The van der Waals surface area contributed by atoms with Crippen LogP contribution in [0, 0.1) is 13.8 Å². The van der Waals surface area contributed by atoms with Gasteiger partial charge in [0.25, 0.3) is 11.5 Å². The van der Waals surface area contributed by atoms with Gasteiger partial charge >= 0.3 is 0 Å². The predicted octanol–water partition coefficient (Wildman–Crippen LogP) is 4.86. The van der Waals surface area contributed by atoms with Gasteiger partial charge in [0.05, 0.1) is 11.3 Å². The molecular weight excluding hydrogens is 444 g/mol.